The molecule has 0 saturated carbocycles. The van der Waals surface area contributed by atoms with E-state index in [0.29, 0.717) is 6.42 Å². The Morgan fingerprint density at radius 1 is 1.31 bits per heavy atom. The minimum absolute atomic E-state index is 0.278. The fraction of sp³-hybridized carbons (Fsp3) is 0.333. The average molecular weight is 221 g/mol. The zero-order valence-electron chi connectivity index (χ0n) is 9.65. The zero-order chi connectivity index (χ0) is 12.3. The number of benzene rings is 1. The van der Waals surface area contributed by atoms with Gasteiger partial charge in [-0.3, -0.25) is 4.79 Å². The number of rotatable bonds is 4. The lowest BCUT2D eigenvalue weighted by Crippen LogP contribution is -2.16. The van der Waals surface area contributed by atoms with Crippen molar-refractivity contribution in [3.63, 3.8) is 0 Å². The Bertz CT molecular complexity index is 424. The van der Waals surface area contributed by atoms with Crippen LogP contribution < -0.4 is 4.90 Å². The van der Waals surface area contributed by atoms with Gasteiger partial charge in [0.25, 0.3) is 5.78 Å². The number of anilines is 1. The normalized spacial score (nSPS) is 9.94. The van der Waals surface area contributed by atoms with Gasteiger partial charge in [-0.1, -0.05) is 6.92 Å². The third-order valence-electron chi connectivity index (χ3n) is 2.42. The molecule has 0 heterocycles. The van der Waals surface area contributed by atoms with Gasteiger partial charge in [0.15, 0.2) is 0 Å². The van der Waals surface area contributed by atoms with Crippen molar-refractivity contribution in [3.8, 4) is 0 Å². The number of carbonyl (C=O) groups is 2. The fourth-order valence-corrected chi connectivity index (χ4v) is 1.49. The minimum atomic E-state index is -1.41. The molecule has 16 heavy (non-hydrogen) atoms. The molecule has 4 heteroatoms. The summed E-state index contributed by atoms with van der Waals surface area (Å²) in [6, 6.07) is 5.16. The minimum Gasteiger partial charge on any atom is -0.475 e. The van der Waals surface area contributed by atoms with Crippen molar-refractivity contribution in [2.24, 2.45) is 0 Å². The lowest BCUT2D eigenvalue weighted by Gasteiger charge is -2.15. The quantitative estimate of drug-likeness (QED) is 0.619. The summed E-state index contributed by atoms with van der Waals surface area (Å²) >= 11 is 0. The van der Waals surface area contributed by atoms with E-state index in [1.165, 1.54) is 0 Å². The van der Waals surface area contributed by atoms with E-state index in [-0.39, 0.29) is 5.56 Å². The van der Waals surface area contributed by atoms with Crippen LogP contribution in [0, 0.1) is 0 Å². The molecule has 0 spiro atoms. The van der Waals surface area contributed by atoms with Crippen molar-refractivity contribution in [1.82, 2.24) is 0 Å². The van der Waals surface area contributed by atoms with Gasteiger partial charge in [0.1, 0.15) is 0 Å². The number of nitrogens with zero attached hydrogens (tertiary/aromatic N) is 1. The number of hydrogen-bond donors (Lipinski definition) is 1. The molecule has 0 aliphatic rings. The Hall–Kier alpha value is -1.84. The SMILES string of the molecule is CCc1cc(N(C)C)ccc1C(=O)C(=O)O. The van der Waals surface area contributed by atoms with Crippen molar-refractivity contribution in [1.29, 1.82) is 0 Å². The number of aliphatic carboxylic acids is 1. The van der Waals surface area contributed by atoms with Crippen LogP contribution in [0.5, 0.6) is 0 Å². The predicted octanol–water partition coefficient (Wildman–Crippen LogP) is 1.58. The Labute approximate surface area is 94.5 Å². The predicted molar refractivity (Wildman–Crippen MR) is 62.1 cm³/mol. The van der Waals surface area contributed by atoms with Gasteiger partial charge in [-0.2, -0.15) is 0 Å². The van der Waals surface area contributed by atoms with Gasteiger partial charge in [-0.15, -0.1) is 0 Å². The number of ketones is 1. The summed E-state index contributed by atoms with van der Waals surface area (Å²) in [6.45, 7) is 1.90. The van der Waals surface area contributed by atoms with Gasteiger partial charge in [-0.25, -0.2) is 4.79 Å². The van der Waals surface area contributed by atoms with Crippen LogP contribution in [0.1, 0.15) is 22.8 Å². The maximum atomic E-state index is 11.4. The molecular weight excluding hydrogens is 206 g/mol. The van der Waals surface area contributed by atoms with E-state index in [1.807, 2.05) is 32.0 Å². The summed E-state index contributed by atoms with van der Waals surface area (Å²) in [7, 11) is 3.79. The molecule has 0 bridgehead atoms. The lowest BCUT2D eigenvalue weighted by atomic mass is 10.0. The standard InChI is InChI=1S/C12H15NO3/c1-4-8-7-9(13(2)3)5-6-10(8)11(14)12(15)16/h5-7H,4H2,1-3H3,(H,15,16). The maximum Gasteiger partial charge on any atom is 0.377 e. The molecule has 1 aromatic rings. The Balaban J connectivity index is 3.22. The first-order valence-electron chi connectivity index (χ1n) is 5.05. The molecule has 1 rings (SSSR count). The molecule has 0 unspecified atom stereocenters. The van der Waals surface area contributed by atoms with E-state index >= 15 is 0 Å². The summed E-state index contributed by atoms with van der Waals surface area (Å²) in [5.41, 5.74) is 2.00. The molecule has 0 aliphatic carbocycles. The number of hydrogen-bond acceptors (Lipinski definition) is 3. The first kappa shape index (κ1) is 12.2. The highest BCUT2D eigenvalue weighted by atomic mass is 16.4. The Morgan fingerprint density at radius 3 is 2.38 bits per heavy atom. The molecule has 0 saturated heterocycles. The second kappa shape index (κ2) is 4.79. The van der Waals surface area contributed by atoms with Gasteiger partial charge in [0.2, 0.25) is 0 Å². The van der Waals surface area contributed by atoms with Crippen molar-refractivity contribution >= 4 is 17.4 Å². The Kier molecular flexibility index (Phi) is 3.66. The highest BCUT2D eigenvalue weighted by Crippen LogP contribution is 2.19. The van der Waals surface area contributed by atoms with Crippen LogP contribution in [0.3, 0.4) is 0 Å². The first-order valence-corrected chi connectivity index (χ1v) is 5.05. The molecule has 0 fully saturated rings. The van der Waals surface area contributed by atoms with Gasteiger partial charge < -0.3 is 10.0 Å². The summed E-state index contributed by atoms with van der Waals surface area (Å²) in [6.07, 6.45) is 0.635. The van der Waals surface area contributed by atoms with Gasteiger partial charge in [0, 0.05) is 25.3 Å². The van der Waals surface area contributed by atoms with E-state index in [1.54, 1.807) is 12.1 Å². The van der Waals surface area contributed by atoms with Crippen LogP contribution in [-0.4, -0.2) is 31.0 Å². The molecular formula is C12H15NO3. The third-order valence-corrected chi connectivity index (χ3v) is 2.42. The second-order valence-corrected chi connectivity index (χ2v) is 3.72. The average Bonchev–Trinajstić information content (AvgIpc) is 2.26. The smallest absolute Gasteiger partial charge is 0.377 e. The molecule has 1 N–H and O–H groups in total. The van der Waals surface area contributed by atoms with E-state index < -0.39 is 11.8 Å². The van der Waals surface area contributed by atoms with Crippen molar-refractivity contribution in [3.05, 3.63) is 29.3 Å². The number of carboxylic acid groups (broad SMARTS) is 1. The van der Waals surface area contributed by atoms with Crippen LogP contribution in [0.2, 0.25) is 0 Å². The summed E-state index contributed by atoms with van der Waals surface area (Å²) < 4.78 is 0. The van der Waals surface area contributed by atoms with Crippen LogP contribution in [-0.2, 0) is 11.2 Å². The zero-order valence-corrected chi connectivity index (χ0v) is 9.65. The molecule has 0 aromatic heterocycles. The van der Waals surface area contributed by atoms with Gasteiger partial charge in [0.05, 0.1) is 0 Å². The largest absolute Gasteiger partial charge is 0.475 e. The van der Waals surface area contributed by atoms with E-state index in [2.05, 4.69) is 0 Å². The Morgan fingerprint density at radius 2 is 1.94 bits per heavy atom. The summed E-state index contributed by atoms with van der Waals surface area (Å²) in [5, 5.41) is 8.67. The summed E-state index contributed by atoms with van der Waals surface area (Å²) in [5.74, 6) is -2.26. The van der Waals surface area contributed by atoms with Crippen LogP contribution in [0.15, 0.2) is 18.2 Å². The van der Waals surface area contributed by atoms with E-state index in [0.717, 1.165) is 11.3 Å². The number of aryl methyl sites for hydroxylation is 1. The summed E-state index contributed by atoms with van der Waals surface area (Å²) in [4.78, 5) is 23.9. The highest BCUT2D eigenvalue weighted by Gasteiger charge is 2.18. The number of Topliss-reactive ketones (excluding diaryl/α,β-unsaturated/α-hetero) is 1. The first-order chi connectivity index (χ1) is 7.47. The van der Waals surface area contributed by atoms with Crippen LogP contribution in [0.25, 0.3) is 0 Å². The van der Waals surface area contributed by atoms with Gasteiger partial charge >= 0.3 is 5.97 Å². The third kappa shape index (κ3) is 2.39. The molecule has 0 aliphatic heterocycles. The second-order valence-electron chi connectivity index (χ2n) is 3.72. The molecule has 0 amide bonds. The molecule has 0 radical (unpaired) electrons. The number of carbonyl (C=O) groups excluding carboxylic acids is 1. The maximum absolute atomic E-state index is 11.4. The molecule has 1 aromatic carbocycles. The molecule has 86 valence electrons. The number of carboxylic acids is 1. The lowest BCUT2D eigenvalue weighted by molar-refractivity contribution is -0.131. The van der Waals surface area contributed by atoms with Crippen molar-refractivity contribution in [2.75, 3.05) is 19.0 Å². The topological polar surface area (TPSA) is 57.6 Å². The fourth-order valence-electron chi connectivity index (χ4n) is 1.49. The molecule has 4 nitrogen and oxygen atoms in total. The highest BCUT2D eigenvalue weighted by molar-refractivity contribution is 6.40. The molecule has 0 atom stereocenters. The van der Waals surface area contributed by atoms with Crippen molar-refractivity contribution < 1.29 is 14.7 Å². The van der Waals surface area contributed by atoms with Crippen LogP contribution >= 0.6 is 0 Å². The van der Waals surface area contributed by atoms with E-state index in [4.69, 9.17) is 5.11 Å². The monoisotopic (exact) mass is 221 g/mol. The van der Waals surface area contributed by atoms with Crippen molar-refractivity contribution in [2.45, 2.75) is 13.3 Å². The van der Waals surface area contributed by atoms with E-state index in [9.17, 15) is 9.59 Å². The van der Waals surface area contributed by atoms with Gasteiger partial charge in [-0.05, 0) is 30.2 Å². The van der Waals surface area contributed by atoms with Crippen LogP contribution in [0.4, 0.5) is 5.69 Å².